The van der Waals surface area contributed by atoms with Gasteiger partial charge in [0.05, 0.1) is 5.88 Å². The smallest absolute Gasteiger partial charge is 0.165 e. The van der Waals surface area contributed by atoms with Crippen molar-refractivity contribution in [1.82, 2.24) is 14.8 Å². The van der Waals surface area contributed by atoms with Crippen LogP contribution in [0.1, 0.15) is 19.2 Å². The Morgan fingerprint density at radius 2 is 2.17 bits per heavy atom. The molecule has 2 aromatic rings. The predicted molar refractivity (Wildman–Crippen MR) is 73.0 cm³/mol. The van der Waals surface area contributed by atoms with E-state index in [0.29, 0.717) is 16.2 Å². The Morgan fingerprint density at radius 3 is 2.78 bits per heavy atom. The lowest BCUT2D eigenvalue weighted by Crippen LogP contribution is -2.04. The van der Waals surface area contributed by atoms with E-state index in [9.17, 15) is 4.39 Å². The van der Waals surface area contributed by atoms with Crippen molar-refractivity contribution in [2.24, 2.45) is 0 Å². The highest BCUT2D eigenvalue weighted by molar-refractivity contribution is 9.10. The fourth-order valence-corrected chi connectivity index (χ4v) is 2.49. The number of nitrogens with zero attached hydrogens (tertiary/aromatic N) is 3. The van der Waals surface area contributed by atoms with Crippen LogP contribution in [0.15, 0.2) is 22.7 Å². The quantitative estimate of drug-likeness (QED) is 0.792. The van der Waals surface area contributed by atoms with Crippen LogP contribution in [0, 0.1) is 5.82 Å². The van der Waals surface area contributed by atoms with Crippen LogP contribution in [-0.2, 0) is 12.4 Å². The molecule has 1 aromatic heterocycles. The highest BCUT2D eigenvalue weighted by atomic mass is 79.9. The van der Waals surface area contributed by atoms with Crippen molar-refractivity contribution in [2.45, 2.75) is 25.8 Å². The molecule has 3 nitrogen and oxygen atoms in total. The molecule has 96 valence electrons. The largest absolute Gasteiger partial charge is 0.310 e. The molecule has 1 aromatic carbocycles. The minimum atomic E-state index is -0.287. The Morgan fingerprint density at radius 1 is 1.39 bits per heavy atom. The third-order valence-corrected chi connectivity index (χ3v) is 3.46. The van der Waals surface area contributed by atoms with E-state index in [1.54, 1.807) is 6.07 Å². The van der Waals surface area contributed by atoms with Gasteiger partial charge in [-0.2, -0.15) is 0 Å². The van der Waals surface area contributed by atoms with E-state index in [1.165, 1.54) is 12.1 Å². The summed E-state index contributed by atoms with van der Waals surface area (Å²) in [6.45, 7) is 2.86. The van der Waals surface area contributed by atoms with E-state index >= 15 is 0 Å². The average Bonchev–Trinajstić information content (AvgIpc) is 2.73. The Bertz CT molecular complexity index is 556. The number of hydrogen-bond donors (Lipinski definition) is 0. The van der Waals surface area contributed by atoms with Gasteiger partial charge in [-0.3, -0.25) is 0 Å². The zero-order chi connectivity index (χ0) is 13.1. The summed E-state index contributed by atoms with van der Waals surface area (Å²) in [4.78, 5) is 0. The first kappa shape index (κ1) is 13.5. The molecule has 0 saturated carbocycles. The highest BCUT2D eigenvalue weighted by Gasteiger charge is 2.15. The molecule has 0 aliphatic carbocycles. The molecule has 1 heterocycles. The third-order valence-electron chi connectivity index (χ3n) is 2.57. The summed E-state index contributed by atoms with van der Waals surface area (Å²) >= 11 is 9.18. The van der Waals surface area contributed by atoms with Crippen LogP contribution in [0.2, 0.25) is 0 Å². The molecule has 2 rings (SSSR count). The molecule has 0 aliphatic heterocycles. The van der Waals surface area contributed by atoms with Gasteiger partial charge >= 0.3 is 0 Å². The third kappa shape index (κ3) is 2.57. The molecule has 0 aliphatic rings. The molecule has 18 heavy (non-hydrogen) atoms. The van der Waals surface area contributed by atoms with Gasteiger partial charge in [0.15, 0.2) is 5.82 Å². The first-order valence-corrected chi connectivity index (χ1v) is 6.93. The summed E-state index contributed by atoms with van der Waals surface area (Å²) in [7, 11) is 0. The lowest BCUT2D eigenvalue weighted by molar-refractivity contribution is 0.626. The number of hydrogen-bond acceptors (Lipinski definition) is 2. The number of benzene rings is 1. The molecule has 0 atom stereocenters. The zero-order valence-corrected chi connectivity index (χ0v) is 12.2. The van der Waals surface area contributed by atoms with Gasteiger partial charge in [-0.25, -0.2) is 4.39 Å². The summed E-state index contributed by atoms with van der Waals surface area (Å²) in [5.41, 5.74) is 0.814. The van der Waals surface area contributed by atoms with Crippen LogP contribution < -0.4 is 0 Å². The second-order valence-electron chi connectivity index (χ2n) is 3.85. The van der Waals surface area contributed by atoms with Gasteiger partial charge in [0.1, 0.15) is 11.6 Å². The summed E-state index contributed by atoms with van der Waals surface area (Å²) in [6.07, 6.45) is 0.952. The molecule has 0 spiro atoms. The summed E-state index contributed by atoms with van der Waals surface area (Å²) in [5, 5.41) is 8.20. The minimum absolute atomic E-state index is 0.287. The van der Waals surface area contributed by atoms with Gasteiger partial charge in [-0.15, -0.1) is 21.8 Å². The molecular weight excluding hydrogens is 321 g/mol. The number of rotatable bonds is 4. The summed E-state index contributed by atoms with van der Waals surface area (Å²) in [6, 6.07) is 4.51. The molecule has 0 unspecified atom stereocenters. The second-order valence-corrected chi connectivity index (χ2v) is 4.97. The molecular formula is C12H12BrClFN3. The van der Waals surface area contributed by atoms with Gasteiger partial charge in [0.2, 0.25) is 0 Å². The van der Waals surface area contributed by atoms with Crippen LogP contribution in [-0.4, -0.2) is 14.8 Å². The highest BCUT2D eigenvalue weighted by Crippen LogP contribution is 2.28. The first-order valence-electron chi connectivity index (χ1n) is 5.60. The standard InChI is InChI=1S/C12H12BrClFN3/c1-2-5-18-11(7-14)16-17-12(18)9-4-3-8(15)6-10(9)13/h3-4,6H,2,5,7H2,1H3. The van der Waals surface area contributed by atoms with E-state index in [0.717, 1.165) is 24.4 Å². The van der Waals surface area contributed by atoms with Crippen LogP contribution in [0.5, 0.6) is 0 Å². The predicted octanol–water partition coefficient (Wildman–Crippen LogP) is 4.00. The fourth-order valence-electron chi connectivity index (χ4n) is 1.76. The monoisotopic (exact) mass is 331 g/mol. The maximum absolute atomic E-state index is 13.1. The molecule has 0 radical (unpaired) electrons. The summed E-state index contributed by atoms with van der Waals surface area (Å²) in [5.74, 6) is 1.46. The topological polar surface area (TPSA) is 30.7 Å². The van der Waals surface area contributed by atoms with E-state index < -0.39 is 0 Å². The SMILES string of the molecule is CCCn1c(CCl)nnc1-c1ccc(F)cc1Br. The van der Waals surface area contributed by atoms with Gasteiger partial charge in [0, 0.05) is 16.6 Å². The minimum Gasteiger partial charge on any atom is -0.310 e. The average molecular weight is 333 g/mol. The van der Waals surface area contributed by atoms with Crippen molar-refractivity contribution in [1.29, 1.82) is 0 Å². The lowest BCUT2D eigenvalue weighted by atomic mass is 10.2. The van der Waals surface area contributed by atoms with E-state index in [4.69, 9.17) is 11.6 Å². The lowest BCUT2D eigenvalue weighted by Gasteiger charge is -2.09. The van der Waals surface area contributed by atoms with Crippen molar-refractivity contribution in [3.05, 3.63) is 34.3 Å². The summed E-state index contributed by atoms with van der Waals surface area (Å²) < 4.78 is 15.7. The van der Waals surface area contributed by atoms with Gasteiger partial charge in [-0.1, -0.05) is 6.92 Å². The molecule has 0 fully saturated rings. The van der Waals surface area contributed by atoms with Crippen LogP contribution in [0.3, 0.4) is 0 Å². The van der Waals surface area contributed by atoms with Crippen LogP contribution >= 0.6 is 27.5 Å². The molecule has 6 heteroatoms. The normalized spacial score (nSPS) is 10.9. The van der Waals surface area contributed by atoms with Crippen molar-refractivity contribution >= 4 is 27.5 Å². The first-order chi connectivity index (χ1) is 8.67. The van der Waals surface area contributed by atoms with Gasteiger partial charge in [0.25, 0.3) is 0 Å². The Hall–Kier alpha value is -0.940. The van der Waals surface area contributed by atoms with E-state index in [-0.39, 0.29) is 5.82 Å². The zero-order valence-electron chi connectivity index (χ0n) is 9.83. The van der Waals surface area contributed by atoms with Crippen molar-refractivity contribution in [3.8, 4) is 11.4 Å². The van der Waals surface area contributed by atoms with Crippen molar-refractivity contribution in [2.75, 3.05) is 0 Å². The maximum Gasteiger partial charge on any atom is 0.165 e. The van der Waals surface area contributed by atoms with Crippen LogP contribution in [0.25, 0.3) is 11.4 Å². The van der Waals surface area contributed by atoms with Gasteiger partial charge < -0.3 is 4.57 Å². The Kier molecular flexibility index (Phi) is 4.35. The fraction of sp³-hybridized carbons (Fsp3) is 0.333. The van der Waals surface area contributed by atoms with E-state index in [2.05, 4.69) is 33.1 Å². The number of halogens is 3. The van der Waals surface area contributed by atoms with Crippen LogP contribution in [0.4, 0.5) is 4.39 Å². The number of aromatic nitrogens is 3. The molecule has 0 amide bonds. The Balaban J connectivity index is 2.52. The maximum atomic E-state index is 13.1. The Labute approximate surface area is 118 Å². The van der Waals surface area contributed by atoms with Crippen molar-refractivity contribution < 1.29 is 4.39 Å². The number of alkyl halides is 1. The molecule has 0 N–H and O–H groups in total. The molecule has 0 saturated heterocycles. The molecule has 0 bridgehead atoms. The van der Waals surface area contributed by atoms with Crippen molar-refractivity contribution in [3.63, 3.8) is 0 Å². The van der Waals surface area contributed by atoms with Gasteiger partial charge in [-0.05, 0) is 40.5 Å². The second kappa shape index (κ2) is 5.80. The van der Waals surface area contributed by atoms with E-state index in [1.807, 2.05) is 4.57 Å².